The molecule has 0 heterocycles. The molecule has 1 saturated carbocycles. The van der Waals surface area contributed by atoms with Gasteiger partial charge < -0.3 is 20.1 Å². The van der Waals surface area contributed by atoms with Crippen molar-refractivity contribution < 1.29 is 23.0 Å². The topological polar surface area (TPSA) is 44.7 Å². The molecule has 0 aliphatic heterocycles. The van der Waals surface area contributed by atoms with Gasteiger partial charge in [-0.2, -0.15) is 0 Å². The Morgan fingerprint density at radius 1 is 1.23 bits per heavy atom. The van der Waals surface area contributed by atoms with Gasteiger partial charge in [0.2, 0.25) is 0 Å². The van der Waals surface area contributed by atoms with Crippen molar-refractivity contribution in [1.82, 2.24) is 10.2 Å². The second kappa shape index (κ2) is 9.06. The van der Waals surface area contributed by atoms with E-state index in [4.69, 9.17) is 0 Å². The summed E-state index contributed by atoms with van der Waals surface area (Å²) in [5.41, 5.74) is 0.0742. The molecule has 0 aromatic heterocycles. The van der Waals surface area contributed by atoms with Gasteiger partial charge in [-0.3, -0.25) is 0 Å². The minimum atomic E-state index is -4.70. The Morgan fingerprint density at radius 2 is 1.88 bits per heavy atom. The fraction of sp³-hybridized carbons (Fsp3) is 0.684. The molecule has 0 radical (unpaired) electrons. The van der Waals surface area contributed by atoms with Crippen molar-refractivity contribution in [1.29, 1.82) is 0 Å². The fourth-order valence-electron chi connectivity index (χ4n) is 3.51. The van der Waals surface area contributed by atoms with Crippen LogP contribution in [0.25, 0.3) is 0 Å². The summed E-state index contributed by atoms with van der Waals surface area (Å²) in [5, 5.41) is 14.1. The third-order valence-electron chi connectivity index (χ3n) is 5.04. The van der Waals surface area contributed by atoms with E-state index in [2.05, 4.69) is 21.9 Å². The number of aliphatic hydroxyl groups is 1. The van der Waals surface area contributed by atoms with Crippen LogP contribution in [0.2, 0.25) is 0 Å². The Labute approximate surface area is 153 Å². The summed E-state index contributed by atoms with van der Waals surface area (Å²) in [6.07, 6.45) is -1.26. The van der Waals surface area contributed by atoms with Crippen molar-refractivity contribution >= 4 is 0 Å². The van der Waals surface area contributed by atoms with Crippen LogP contribution in [-0.4, -0.2) is 55.2 Å². The number of benzene rings is 1. The molecule has 1 unspecified atom stereocenters. The van der Waals surface area contributed by atoms with E-state index in [9.17, 15) is 18.3 Å². The predicted molar refractivity (Wildman–Crippen MR) is 95.3 cm³/mol. The zero-order chi connectivity index (χ0) is 19.2. The lowest BCUT2D eigenvalue weighted by molar-refractivity contribution is -0.274. The summed E-state index contributed by atoms with van der Waals surface area (Å²) >= 11 is 0. The summed E-state index contributed by atoms with van der Waals surface area (Å²) in [7, 11) is 1.90. The SMILES string of the molecule is CCCN(CCNC)CC(c1ccc(OC(F)(F)F)cc1)C1(O)CCC1. The van der Waals surface area contributed by atoms with E-state index in [1.807, 2.05) is 7.05 Å². The Hall–Kier alpha value is -1.31. The third kappa shape index (κ3) is 5.86. The smallest absolute Gasteiger partial charge is 0.406 e. The van der Waals surface area contributed by atoms with E-state index in [0.29, 0.717) is 6.54 Å². The molecule has 2 rings (SSSR count). The molecular weight excluding hydrogens is 345 g/mol. The Kier molecular flexibility index (Phi) is 7.32. The number of halogens is 3. The zero-order valence-electron chi connectivity index (χ0n) is 15.5. The van der Waals surface area contributed by atoms with Crippen LogP contribution < -0.4 is 10.1 Å². The van der Waals surface area contributed by atoms with Crippen LogP contribution in [-0.2, 0) is 0 Å². The highest BCUT2D eigenvalue weighted by Gasteiger charge is 2.43. The summed E-state index contributed by atoms with van der Waals surface area (Å²) in [5.74, 6) is -0.360. The van der Waals surface area contributed by atoms with E-state index >= 15 is 0 Å². The van der Waals surface area contributed by atoms with Gasteiger partial charge in [0.1, 0.15) is 5.75 Å². The molecule has 26 heavy (non-hydrogen) atoms. The van der Waals surface area contributed by atoms with Gasteiger partial charge in [0, 0.05) is 25.6 Å². The molecule has 1 aromatic rings. The molecule has 0 bridgehead atoms. The van der Waals surface area contributed by atoms with Gasteiger partial charge in [0.05, 0.1) is 5.60 Å². The first kappa shape index (κ1) is 21.0. The molecular formula is C19H29F3N2O2. The molecule has 0 amide bonds. The Morgan fingerprint density at radius 3 is 2.35 bits per heavy atom. The molecule has 1 aromatic carbocycles. The van der Waals surface area contributed by atoms with Gasteiger partial charge >= 0.3 is 6.36 Å². The van der Waals surface area contributed by atoms with Crippen molar-refractivity contribution in [3.05, 3.63) is 29.8 Å². The minimum Gasteiger partial charge on any atom is -0.406 e. The summed E-state index contributed by atoms with van der Waals surface area (Å²) < 4.78 is 41.0. The number of rotatable bonds is 10. The third-order valence-corrected chi connectivity index (χ3v) is 5.04. The number of alkyl halides is 3. The number of hydrogen-bond donors (Lipinski definition) is 2. The summed E-state index contributed by atoms with van der Waals surface area (Å²) in [6, 6.07) is 5.94. The molecule has 2 N–H and O–H groups in total. The second-order valence-corrected chi connectivity index (χ2v) is 7.03. The first-order chi connectivity index (χ1) is 12.3. The number of likely N-dealkylation sites (N-methyl/N-ethyl adjacent to an activating group) is 1. The van der Waals surface area contributed by atoms with Crippen molar-refractivity contribution in [2.45, 2.75) is 50.5 Å². The summed E-state index contributed by atoms with van der Waals surface area (Å²) in [4.78, 5) is 2.30. The highest BCUT2D eigenvalue weighted by atomic mass is 19.4. The number of nitrogens with one attached hydrogen (secondary N) is 1. The van der Waals surface area contributed by atoms with Gasteiger partial charge in [-0.25, -0.2) is 0 Å². The molecule has 1 aliphatic rings. The largest absolute Gasteiger partial charge is 0.573 e. The van der Waals surface area contributed by atoms with E-state index in [-0.39, 0.29) is 11.7 Å². The van der Waals surface area contributed by atoms with Crippen LogP contribution in [0.4, 0.5) is 13.2 Å². The zero-order valence-corrected chi connectivity index (χ0v) is 15.5. The molecule has 7 heteroatoms. The quantitative estimate of drug-likeness (QED) is 0.658. The van der Waals surface area contributed by atoms with Crippen LogP contribution in [0.1, 0.15) is 44.1 Å². The maximum atomic E-state index is 12.4. The highest BCUT2D eigenvalue weighted by molar-refractivity contribution is 5.32. The van der Waals surface area contributed by atoms with E-state index in [1.165, 1.54) is 12.1 Å². The normalized spacial score (nSPS) is 17.8. The molecule has 0 spiro atoms. The van der Waals surface area contributed by atoms with Crippen molar-refractivity contribution in [3.63, 3.8) is 0 Å². The van der Waals surface area contributed by atoms with Crippen LogP contribution in [0.5, 0.6) is 5.75 Å². The highest BCUT2D eigenvalue weighted by Crippen LogP contribution is 2.44. The molecule has 1 aliphatic carbocycles. The van der Waals surface area contributed by atoms with Crippen LogP contribution in [0.3, 0.4) is 0 Å². The van der Waals surface area contributed by atoms with Gasteiger partial charge in [-0.15, -0.1) is 13.2 Å². The monoisotopic (exact) mass is 374 g/mol. The minimum absolute atomic E-state index is 0.125. The summed E-state index contributed by atoms with van der Waals surface area (Å²) in [6.45, 7) is 5.44. The van der Waals surface area contributed by atoms with Gasteiger partial charge in [-0.05, 0) is 57.0 Å². The van der Waals surface area contributed by atoms with Crippen LogP contribution >= 0.6 is 0 Å². The average Bonchev–Trinajstić information content (AvgIpc) is 2.55. The predicted octanol–water partition coefficient (Wildman–Crippen LogP) is 3.52. The van der Waals surface area contributed by atoms with Crippen molar-refractivity contribution in [3.8, 4) is 5.75 Å². The molecule has 1 atom stereocenters. The number of nitrogens with zero attached hydrogens (tertiary/aromatic N) is 1. The van der Waals surface area contributed by atoms with Crippen LogP contribution in [0.15, 0.2) is 24.3 Å². The van der Waals surface area contributed by atoms with E-state index in [1.54, 1.807) is 12.1 Å². The maximum absolute atomic E-state index is 12.4. The lowest BCUT2D eigenvalue weighted by Gasteiger charge is -2.45. The number of hydrogen-bond acceptors (Lipinski definition) is 4. The van der Waals surface area contributed by atoms with Crippen molar-refractivity contribution in [2.24, 2.45) is 0 Å². The first-order valence-corrected chi connectivity index (χ1v) is 9.22. The van der Waals surface area contributed by atoms with E-state index in [0.717, 1.165) is 50.9 Å². The molecule has 0 saturated heterocycles. The van der Waals surface area contributed by atoms with Gasteiger partial charge in [0.25, 0.3) is 0 Å². The maximum Gasteiger partial charge on any atom is 0.573 e. The molecule has 148 valence electrons. The Bertz CT molecular complexity index is 545. The standard InChI is InChI=1S/C19H29F3N2O2/c1-3-12-24(13-11-23-2)14-17(18(25)9-4-10-18)15-5-7-16(8-6-15)26-19(20,21)22/h5-8,17,23,25H,3-4,9-14H2,1-2H3. The lowest BCUT2D eigenvalue weighted by Crippen LogP contribution is -2.48. The van der Waals surface area contributed by atoms with E-state index < -0.39 is 12.0 Å². The Balaban J connectivity index is 2.16. The first-order valence-electron chi connectivity index (χ1n) is 9.22. The van der Waals surface area contributed by atoms with Gasteiger partial charge in [-0.1, -0.05) is 19.1 Å². The van der Waals surface area contributed by atoms with Gasteiger partial charge in [0.15, 0.2) is 0 Å². The molecule has 4 nitrogen and oxygen atoms in total. The second-order valence-electron chi connectivity index (χ2n) is 7.03. The molecule has 1 fully saturated rings. The van der Waals surface area contributed by atoms with Crippen molar-refractivity contribution in [2.75, 3.05) is 33.2 Å². The average molecular weight is 374 g/mol. The lowest BCUT2D eigenvalue weighted by atomic mass is 9.68. The number of ether oxygens (including phenoxy) is 1. The fourth-order valence-corrected chi connectivity index (χ4v) is 3.51. The van der Waals surface area contributed by atoms with Crippen LogP contribution in [0, 0.1) is 0 Å².